The van der Waals surface area contributed by atoms with Crippen LogP contribution in [-0.4, -0.2) is 23.9 Å². The molecule has 2 aromatic rings. The van der Waals surface area contributed by atoms with Crippen molar-refractivity contribution in [1.29, 1.82) is 0 Å². The van der Waals surface area contributed by atoms with Gasteiger partial charge in [-0.25, -0.2) is 0 Å². The summed E-state index contributed by atoms with van der Waals surface area (Å²) in [6, 6.07) is 1.71. The number of methoxy groups -OCH3 is 1. The fraction of sp³-hybridized carbons (Fsp3) is 0.364. The number of rotatable bonds is 4. The Labute approximate surface area is 104 Å². The zero-order valence-electron chi connectivity index (χ0n) is 9.90. The van der Waals surface area contributed by atoms with E-state index in [9.17, 15) is 0 Å². The van der Waals surface area contributed by atoms with Gasteiger partial charge in [0.05, 0.1) is 25.6 Å². The third-order valence-corrected chi connectivity index (χ3v) is 3.00. The summed E-state index contributed by atoms with van der Waals surface area (Å²) >= 11 is 6.00. The number of hydrogen-bond acceptors (Lipinski definition) is 4. The first kappa shape index (κ1) is 12.0. The van der Waals surface area contributed by atoms with Gasteiger partial charge in [0, 0.05) is 12.6 Å². The van der Waals surface area contributed by atoms with Gasteiger partial charge in [-0.05, 0) is 24.7 Å². The van der Waals surface area contributed by atoms with Gasteiger partial charge in [-0.3, -0.25) is 4.68 Å². The zero-order valence-corrected chi connectivity index (χ0v) is 10.7. The van der Waals surface area contributed by atoms with E-state index in [0.29, 0.717) is 11.0 Å². The van der Waals surface area contributed by atoms with Crippen molar-refractivity contribution in [2.45, 2.75) is 6.04 Å². The molecule has 2 aromatic heterocycles. The Hall–Kier alpha value is -1.46. The Morgan fingerprint density at radius 3 is 2.88 bits per heavy atom. The molecule has 0 amide bonds. The van der Waals surface area contributed by atoms with Crippen molar-refractivity contribution in [2.75, 3.05) is 14.2 Å². The van der Waals surface area contributed by atoms with Gasteiger partial charge in [0.15, 0.2) is 11.0 Å². The van der Waals surface area contributed by atoms with Gasteiger partial charge in [0.1, 0.15) is 5.69 Å². The standard InChI is InChI=1S/C11H14ClN3O2/c1-13-9(7-4-5-17-11(7)12)10-8(16-3)6-14-15(10)2/h4-6,9,13H,1-3H3. The second kappa shape index (κ2) is 4.81. The van der Waals surface area contributed by atoms with Crippen molar-refractivity contribution >= 4 is 11.6 Å². The summed E-state index contributed by atoms with van der Waals surface area (Å²) in [7, 11) is 5.32. The minimum Gasteiger partial charge on any atom is -0.493 e. The van der Waals surface area contributed by atoms with Crippen molar-refractivity contribution in [3.05, 3.63) is 35.0 Å². The molecule has 0 spiro atoms. The average Bonchev–Trinajstić information content (AvgIpc) is 2.89. The monoisotopic (exact) mass is 255 g/mol. The normalized spacial score (nSPS) is 12.7. The molecular formula is C11H14ClN3O2. The number of hydrogen-bond donors (Lipinski definition) is 1. The lowest BCUT2D eigenvalue weighted by atomic mass is 10.1. The third-order valence-electron chi connectivity index (χ3n) is 2.69. The molecule has 0 aliphatic carbocycles. The van der Waals surface area contributed by atoms with Crippen molar-refractivity contribution in [2.24, 2.45) is 7.05 Å². The van der Waals surface area contributed by atoms with Crippen LogP contribution in [0.2, 0.25) is 5.22 Å². The van der Waals surface area contributed by atoms with Gasteiger partial charge in [-0.1, -0.05) is 0 Å². The second-order valence-corrected chi connectivity index (χ2v) is 3.94. The molecule has 0 aromatic carbocycles. The summed E-state index contributed by atoms with van der Waals surface area (Å²) in [6.45, 7) is 0. The molecule has 0 radical (unpaired) electrons. The Bertz CT molecular complexity index is 507. The van der Waals surface area contributed by atoms with Gasteiger partial charge in [-0.15, -0.1) is 0 Å². The molecule has 17 heavy (non-hydrogen) atoms. The average molecular weight is 256 g/mol. The molecule has 6 heteroatoms. The molecule has 2 rings (SSSR count). The quantitative estimate of drug-likeness (QED) is 0.908. The smallest absolute Gasteiger partial charge is 0.198 e. The van der Waals surface area contributed by atoms with E-state index in [0.717, 1.165) is 11.3 Å². The summed E-state index contributed by atoms with van der Waals surface area (Å²) in [5.74, 6) is 0.712. The largest absolute Gasteiger partial charge is 0.493 e. The van der Waals surface area contributed by atoms with Gasteiger partial charge in [0.2, 0.25) is 0 Å². The fourth-order valence-electron chi connectivity index (χ4n) is 1.86. The van der Waals surface area contributed by atoms with Gasteiger partial charge in [0.25, 0.3) is 0 Å². The van der Waals surface area contributed by atoms with E-state index in [-0.39, 0.29) is 6.04 Å². The first-order valence-electron chi connectivity index (χ1n) is 5.15. The topological polar surface area (TPSA) is 52.2 Å². The zero-order chi connectivity index (χ0) is 12.4. The predicted octanol–water partition coefficient (Wildman–Crippen LogP) is 1.98. The lowest BCUT2D eigenvalue weighted by Gasteiger charge is -2.16. The summed E-state index contributed by atoms with van der Waals surface area (Å²) in [5.41, 5.74) is 1.76. The number of ether oxygens (including phenoxy) is 1. The van der Waals surface area contributed by atoms with E-state index in [1.165, 1.54) is 0 Å². The molecule has 0 aliphatic rings. The number of halogens is 1. The predicted molar refractivity (Wildman–Crippen MR) is 64.4 cm³/mol. The highest BCUT2D eigenvalue weighted by Crippen LogP contribution is 2.33. The van der Waals surface area contributed by atoms with Crippen LogP contribution in [0.15, 0.2) is 22.9 Å². The summed E-state index contributed by atoms with van der Waals surface area (Å²) in [5, 5.41) is 7.72. The number of aryl methyl sites for hydroxylation is 1. The minimum atomic E-state index is -0.122. The first-order valence-corrected chi connectivity index (χ1v) is 5.52. The van der Waals surface area contributed by atoms with E-state index < -0.39 is 0 Å². The molecule has 0 saturated heterocycles. The molecule has 1 unspecified atom stereocenters. The van der Waals surface area contributed by atoms with Crippen LogP contribution in [0.3, 0.4) is 0 Å². The second-order valence-electron chi connectivity index (χ2n) is 3.59. The molecule has 0 aliphatic heterocycles. The van der Waals surface area contributed by atoms with Crippen LogP contribution in [0, 0.1) is 0 Å². The molecule has 1 N–H and O–H groups in total. The molecule has 0 fully saturated rings. The lowest BCUT2D eigenvalue weighted by molar-refractivity contribution is 0.402. The summed E-state index contributed by atoms with van der Waals surface area (Å²) in [6.07, 6.45) is 3.23. The molecule has 5 nitrogen and oxygen atoms in total. The molecule has 2 heterocycles. The SMILES string of the molecule is CNC(c1ccoc1Cl)c1c(OC)cnn1C. The number of nitrogens with one attached hydrogen (secondary N) is 1. The van der Waals surface area contributed by atoms with Crippen LogP contribution in [0.4, 0.5) is 0 Å². The maximum atomic E-state index is 6.00. The number of aromatic nitrogens is 2. The molecule has 0 saturated carbocycles. The van der Waals surface area contributed by atoms with Crippen LogP contribution in [-0.2, 0) is 7.05 Å². The van der Waals surface area contributed by atoms with E-state index in [2.05, 4.69) is 10.4 Å². The highest BCUT2D eigenvalue weighted by Gasteiger charge is 2.24. The highest BCUT2D eigenvalue weighted by molar-refractivity contribution is 6.29. The summed E-state index contributed by atoms with van der Waals surface area (Å²) < 4.78 is 12.2. The molecular weight excluding hydrogens is 242 g/mol. The molecule has 92 valence electrons. The highest BCUT2D eigenvalue weighted by atomic mass is 35.5. The van der Waals surface area contributed by atoms with Crippen LogP contribution in [0.25, 0.3) is 0 Å². The van der Waals surface area contributed by atoms with Crippen LogP contribution in [0.1, 0.15) is 17.3 Å². The number of nitrogens with zero attached hydrogens (tertiary/aromatic N) is 2. The fourth-order valence-corrected chi connectivity index (χ4v) is 2.09. The third kappa shape index (κ3) is 2.03. The Morgan fingerprint density at radius 2 is 2.35 bits per heavy atom. The Balaban J connectivity index is 2.49. The maximum Gasteiger partial charge on any atom is 0.198 e. The number of furan rings is 1. The van der Waals surface area contributed by atoms with Crippen LogP contribution < -0.4 is 10.1 Å². The first-order chi connectivity index (χ1) is 8.19. The van der Waals surface area contributed by atoms with Crippen molar-refractivity contribution in [3.8, 4) is 5.75 Å². The van der Waals surface area contributed by atoms with Crippen LogP contribution in [0.5, 0.6) is 5.75 Å². The Morgan fingerprint density at radius 1 is 1.59 bits per heavy atom. The lowest BCUT2D eigenvalue weighted by Crippen LogP contribution is -2.21. The molecule has 1 atom stereocenters. The van der Waals surface area contributed by atoms with Gasteiger partial charge >= 0.3 is 0 Å². The van der Waals surface area contributed by atoms with E-state index in [1.54, 1.807) is 24.3 Å². The minimum absolute atomic E-state index is 0.122. The van der Waals surface area contributed by atoms with Crippen molar-refractivity contribution in [3.63, 3.8) is 0 Å². The van der Waals surface area contributed by atoms with Gasteiger partial charge < -0.3 is 14.5 Å². The van der Waals surface area contributed by atoms with Crippen molar-refractivity contribution in [1.82, 2.24) is 15.1 Å². The van der Waals surface area contributed by atoms with E-state index in [4.69, 9.17) is 20.8 Å². The summed E-state index contributed by atoms with van der Waals surface area (Å²) in [4.78, 5) is 0. The van der Waals surface area contributed by atoms with Gasteiger partial charge in [-0.2, -0.15) is 5.10 Å². The van der Waals surface area contributed by atoms with Crippen LogP contribution >= 0.6 is 11.6 Å². The maximum absolute atomic E-state index is 6.00. The molecule has 0 bridgehead atoms. The van der Waals surface area contributed by atoms with Crippen molar-refractivity contribution < 1.29 is 9.15 Å². The van der Waals surface area contributed by atoms with E-state index >= 15 is 0 Å². The Kier molecular flexibility index (Phi) is 3.40. The van der Waals surface area contributed by atoms with E-state index in [1.807, 2.05) is 20.2 Å².